The molecular formula is BaOSmTi+7. The van der Waals surface area contributed by atoms with Crippen LogP contribution in [0.4, 0.5) is 0 Å². The summed E-state index contributed by atoms with van der Waals surface area (Å²) in [6.45, 7) is 0. The van der Waals surface area contributed by atoms with Crippen LogP contribution in [0.3, 0.4) is 0 Å². The number of hydrogen-bond acceptors (Lipinski definition) is 0. The van der Waals surface area contributed by atoms with Gasteiger partial charge in [0.15, 0.2) is 0 Å². The van der Waals surface area contributed by atoms with Crippen molar-refractivity contribution in [2.45, 2.75) is 0 Å². The third-order valence-corrected chi connectivity index (χ3v) is 0. The Morgan fingerprint density at radius 3 is 1.00 bits per heavy atom. The fourth-order valence-corrected chi connectivity index (χ4v) is 0. The van der Waals surface area contributed by atoms with E-state index in [0.717, 1.165) is 0 Å². The summed E-state index contributed by atoms with van der Waals surface area (Å²) in [5, 5.41) is 0. The molecule has 4 heteroatoms. The minimum absolute atomic E-state index is 0. The van der Waals surface area contributed by atoms with Crippen molar-refractivity contribution in [2.75, 3.05) is 0 Å². The summed E-state index contributed by atoms with van der Waals surface area (Å²) in [5.74, 6) is 0. The van der Waals surface area contributed by atoms with Gasteiger partial charge in [-0.05, 0) is 0 Å². The molecule has 1 radical (unpaired) electrons. The van der Waals surface area contributed by atoms with E-state index >= 15 is 0 Å². The van der Waals surface area contributed by atoms with E-state index in [1.165, 1.54) is 0 Å². The van der Waals surface area contributed by atoms with Crippen molar-refractivity contribution in [1.82, 2.24) is 0 Å². The zero-order chi connectivity index (χ0) is 0. The molecule has 0 heterocycles. The summed E-state index contributed by atoms with van der Waals surface area (Å²) >= 11 is 0. The first kappa shape index (κ1) is 25.6. The quantitative estimate of drug-likeness (QED) is 0.527. The van der Waals surface area contributed by atoms with Crippen LogP contribution in [-0.2, 0) is 27.2 Å². The second kappa shape index (κ2) is 16.0. The minimum atomic E-state index is 0. The molecule has 11 valence electrons. The van der Waals surface area contributed by atoms with Crippen molar-refractivity contribution in [3.63, 3.8) is 0 Å². The van der Waals surface area contributed by atoms with Crippen LogP contribution in [0.25, 0.3) is 0 Å². The number of rotatable bonds is 0. The normalized spacial score (nSPS) is 0. The van der Waals surface area contributed by atoms with Crippen molar-refractivity contribution in [1.29, 1.82) is 0 Å². The molecule has 0 bridgehead atoms. The SMILES string of the molecule is [Ba+2].[O-2].[Sm+3].[Ti+4]. The third kappa shape index (κ3) is 9.13. The molecule has 0 aromatic rings. The zero-order valence-electron chi connectivity index (χ0n) is 2.02. The van der Waals surface area contributed by atoms with Gasteiger partial charge in [0, 0.05) is 0 Å². The molecule has 0 aromatic carbocycles. The summed E-state index contributed by atoms with van der Waals surface area (Å²) in [6, 6.07) is 0. The monoisotopic (exact) mass is 354 g/mol. The van der Waals surface area contributed by atoms with Gasteiger partial charge in [-0.1, -0.05) is 0 Å². The average molecular weight is 352 g/mol. The van der Waals surface area contributed by atoms with Crippen molar-refractivity contribution in [3.05, 3.63) is 0 Å². The maximum Gasteiger partial charge on any atom is 4.00 e. The van der Waals surface area contributed by atoms with E-state index in [0.29, 0.717) is 0 Å². The maximum atomic E-state index is 0. The van der Waals surface area contributed by atoms with Gasteiger partial charge in [-0.15, -0.1) is 0 Å². The predicted molar refractivity (Wildman–Crippen MR) is 6.44 cm³/mol. The summed E-state index contributed by atoms with van der Waals surface area (Å²) in [4.78, 5) is 0. The van der Waals surface area contributed by atoms with E-state index in [1.54, 1.807) is 0 Å². The van der Waals surface area contributed by atoms with Crippen LogP contribution in [0.15, 0.2) is 0 Å². The van der Waals surface area contributed by atoms with Gasteiger partial charge < -0.3 is 5.48 Å². The Balaban J connectivity index is 0. The van der Waals surface area contributed by atoms with Crippen LogP contribution in [0.1, 0.15) is 0 Å². The van der Waals surface area contributed by atoms with Gasteiger partial charge in [0.25, 0.3) is 0 Å². The molecular weight excluding hydrogens is 352 g/mol. The molecule has 0 aliphatic rings. The van der Waals surface area contributed by atoms with Gasteiger partial charge in [0.05, 0.1) is 0 Å². The van der Waals surface area contributed by atoms with Gasteiger partial charge in [-0.3, -0.25) is 0 Å². The summed E-state index contributed by atoms with van der Waals surface area (Å²) in [6.07, 6.45) is 0. The van der Waals surface area contributed by atoms with Crippen LogP contribution in [-0.4, -0.2) is 48.9 Å². The Bertz CT molecular complexity index is 8.00. The van der Waals surface area contributed by atoms with Gasteiger partial charge in [-0.25, -0.2) is 0 Å². The molecule has 0 unspecified atom stereocenters. The molecule has 0 aliphatic carbocycles. The second-order valence-corrected chi connectivity index (χ2v) is 0. The molecule has 0 atom stereocenters. The molecule has 0 spiro atoms. The first-order valence-electron chi connectivity index (χ1n) is 0. The van der Waals surface area contributed by atoms with Crippen LogP contribution >= 0.6 is 0 Å². The minimum Gasteiger partial charge on any atom is -2.00 e. The van der Waals surface area contributed by atoms with E-state index in [-0.39, 0.29) is 116 Å². The van der Waals surface area contributed by atoms with E-state index in [1.807, 2.05) is 0 Å². The second-order valence-electron chi connectivity index (χ2n) is 0. The van der Waals surface area contributed by atoms with Crippen LogP contribution < -0.4 is 0 Å². The standard InChI is InChI=1S/Ba.O.Sm.Ti/q+2;-2;+3;+4. The van der Waals surface area contributed by atoms with Crippen LogP contribution in [0.2, 0.25) is 0 Å². The van der Waals surface area contributed by atoms with Crippen molar-refractivity contribution in [3.8, 4) is 0 Å². The summed E-state index contributed by atoms with van der Waals surface area (Å²) < 4.78 is 0. The first-order chi connectivity index (χ1) is 0. The van der Waals surface area contributed by atoms with Crippen molar-refractivity contribution < 1.29 is 67.6 Å². The maximum absolute atomic E-state index is 0. The largest absolute Gasteiger partial charge is 4.00 e. The summed E-state index contributed by atoms with van der Waals surface area (Å²) in [5.41, 5.74) is 0. The molecule has 0 aromatic heterocycles. The van der Waals surface area contributed by atoms with Gasteiger partial charge >= 0.3 is 111 Å². The molecule has 0 saturated heterocycles. The Labute approximate surface area is 113 Å². The Kier molecular flexibility index (Phi) is 102. The molecule has 0 aliphatic heterocycles. The average Bonchev–Trinajstić information content (AvgIpc) is 0. The van der Waals surface area contributed by atoms with Crippen molar-refractivity contribution in [2.24, 2.45) is 0 Å². The Morgan fingerprint density at radius 2 is 1.00 bits per heavy atom. The third-order valence-electron chi connectivity index (χ3n) is 0. The smallest absolute Gasteiger partial charge is 2.00 e. The fraction of sp³-hybridized carbons (Fsp3) is 0. The van der Waals surface area contributed by atoms with E-state index in [2.05, 4.69) is 0 Å². The predicted octanol–water partition coefficient (Wildman–Crippen LogP) is -0.502. The summed E-state index contributed by atoms with van der Waals surface area (Å²) in [7, 11) is 0. The molecule has 0 fully saturated rings. The topological polar surface area (TPSA) is 28.5 Å². The van der Waals surface area contributed by atoms with E-state index in [4.69, 9.17) is 0 Å². The Hall–Kier alpha value is 3.58. The van der Waals surface area contributed by atoms with E-state index in [9.17, 15) is 0 Å². The molecule has 1 nitrogen and oxygen atoms in total. The number of hydrogen-bond donors (Lipinski definition) is 0. The molecule has 4 heavy (non-hydrogen) atoms. The van der Waals surface area contributed by atoms with Crippen molar-refractivity contribution >= 4 is 48.9 Å². The fourth-order valence-electron chi connectivity index (χ4n) is 0. The first-order valence-corrected chi connectivity index (χ1v) is 0. The van der Waals surface area contributed by atoms with Gasteiger partial charge in [-0.2, -0.15) is 0 Å². The molecule has 0 saturated carbocycles. The molecule has 0 N–H and O–H groups in total. The van der Waals surface area contributed by atoms with Gasteiger partial charge in [0.1, 0.15) is 0 Å². The Morgan fingerprint density at radius 1 is 1.00 bits per heavy atom. The zero-order valence-corrected chi connectivity index (χ0v) is 10.6. The van der Waals surface area contributed by atoms with Gasteiger partial charge in [0.2, 0.25) is 0 Å². The molecule has 0 amide bonds. The van der Waals surface area contributed by atoms with E-state index < -0.39 is 0 Å². The van der Waals surface area contributed by atoms with Crippen LogP contribution in [0.5, 0.6) is 0 Å². The van der Waals surface area contributed by atoms with Crippen LogP contribution in [0, 0.1) is 40.4 Å². The molecule has 0 rings (SSSR count).